The minimum Gasteiger partial charge on any atom is -0.458 e. The first kappa shape index (κ1) is 31.5. The molecule has 8 atom stereocenters. The van der Waals surface area contributed by atoms with Crippen molar-refractivity contribution in [2.24, 2.45) is 17.8 Å². The Kier molecular flexibility index (Phi) is 7.31. The molecule has 7 nitrogen and oxygen atoms in total. The summed E-state index contributed by atoms with van der Waals surface area (Å²) in [5, 5.41) is 0. The number of hydrogen-bond acceptors (Lipinski definition) is 7. The molecule has 2 saturated heterocycles. The minimum absolute atomic E-state index is 0.0212. The van der Waals surface area contributed by atoms with E-state index in [0.29, 0.717) is 30.4 Å². The first-order valence-corrected chi connectivity index (χ1v) is 19.8. The lowest BCUT2D eigenvalue weighted by Gasteiger charge is -2.60. The molecule has 0 amide bonds. The Morgan fingerprint density at radius 3 is 2.35 bits per heavy atom. The highest BCUT2D eigenvalue weighted by atomic mass is 28.4. The summed E-state index contributed by atoms with van der Waals surface area (Å²) < 4.78 is 34.4. The van der Waals surface area contributed by atoms with Crippen LogP contribution in [0.1, 0.15) is 49.5 Å². The predicted molar refractivity (Wildman–Crippen MR) is 176 cm³/mol. The quantitative estimate of drug-likeness (QED) is 0.175. The van der Waals surface area contributed by atoms with Crippen LogP contribution in [0.2, 0.25) is 19.6 Å². The highest BCUT2D eigenvalue weighted by molar-refractivity contribution is 6.70. The maximum absolute atomic E-state index is 14.5. The van der Waals surface area contributed by atoms with Gasteiger partial charge in [0.25, 0.3) is 5.97 Å². The Hall–Kier alpha value is -3.14. The van der Waals surface area contributed by atoms with Crippen LogP contribution in [0.15, 0.2) is 96.1 Å². The second-order valence-electron chi connectivity index (χ2n) is 14.9. The number of carbonyl (C=O) groups is 2. The molecule has 0 N–H and O–H groups in total. The predicted octanol–water partition coefficient (Wildman–Crippen LogP) is 6.96. The van der Waals surface area contributed by atoms with Crippen molar-refractivity contribution < 1.29 is 33.0 Å². The molecule has 2 aromatic rings. The van der Waals surface area contributed by atoms with Gasteiger partial charge in [-0.25, -0.2) is 4.79 Å². The zero-order valence-corrected chi connectivity index (χ0v) is 28.6. The summed E-state index contributed by atoms with van der Waals surface area (Å²) in [7, 11) is -2.32. The summed E-state index contributed by atoms with van der Waals surface area (Å²) in [5.74, 6) is -2.61. The summed E-state index contributed by atoms with van der Waals surface area (Å²) in [6, 6.07) is 19.0. The second-order valence-corrected chi connectivity index (χ2v) is 19.4. The van der Waals surface area contributed by atoms with E-state index in [9.17, 15) is 9.59 Å². The summed E-state index contributed by atoms with van der Waals surface area (Å²) in [4.78, 5) is 27.7. The van der Waals surface area contributed by atoms with Crippen LogP contribution < -0.4 is 0 Å². The van der Waals surface area contributed by atoms with Crippen LogP contribution >= 0.6 is 0 Å². The second kappa shape index (κ2) is 10.7. The van der Waals surface area contributed by atoms with Crippen molar-refractivity contribution in [1.82, 2.24) is 0 Å². The van der Waals surface area contributed by atoms with Crippen molar-refractivity contribution in [3.05, 3.63) is 107 Å². The maximum atomic E-state index is 14.5. The fourth-order valence-corrected chi connectivity index (χ4v) is 10.4. The molecule has 3 fully saturated rings. The summed E-state index contributed by atoms with van der Waals surface area (Å²) in [5.41, 5.74) is 0.961. The number of rotatable bonds is 8. The molecule has 2 aromatic carbocycles. The van der Waals surface area contributed by atoms with E-state index in [1.165, 1.54) is 0 Å². The molecule has 3 bridgehead atoms. The molecule has 5 aliphatic rings. The Labute approximate surface area is 272 Å². The van der Waals surface area contributed by atoms with E-state index in [4.69, 9.17) is 23.4 Å². The van der Waals surface area contributed by atoms with Gasteiger partial charge in [-0.3, -0.25) is 4.79 Å². The van der Waals surface area contributed by atoms with Gasteiger partial charge in [-0.2, -0.15) is 0 Å². The van der Waals surface area contributed by atoms with E-state index in [0.717, 1.165) is 16.7 Å². The lowest BCUT2D eigenvalue weighted by molar-refractivity contribution is -0.421. The molecule has 7 rings (SSSR count). The van der Waals surface area contributed by atoms with Crippen LogP contribution in [0, 0.1) is 17.8 Å². The van der Waals surface area contributed by atoms with Crippen molar-refractivity contribution >= 4 is 20.1 Å². The van der Waals surface area contributed by atoms with E-state index in [1.54, 1.807) is 12.1 Å². The van der Waals surface area contributed by atoms with Gasteiger partial charge in [0.05, 0.1) is 17.6 Å². The Bertz CT molecular complexity index is 1640. The van der Waals surface area contributed by atoms with Crippen LogP contribution in [0.5, 0.6) is 0 Å². The third-order valence-corrected chi connectivity index (χ3v) is 11.6. The van der Waals surface area contributed by atoms with Crippen LogP contribution in [0.3, 0.4) is 0 Å². The average Bonchev–Trinajstić information content (AvgIpc) is 3.31. The van der Waals surface area contributed by atoms with Crippen molar-refractivity contribution in [2.45, 2.75) is 88.6 Å². The van der Waals surface area contributed by atoms with Crippen LogP contribution in [-0.2, 0) is 34.6 Å². The molecular weight excluding hydrogens is 596 g/mol. The minimum atomic E-state index is -2.32. The van der Waals surface area contributed by atoms with Gasteiger partial charge in [-0.05, 0) is 80.2 Å². The van der Waals surface area contributed by atoms with Crippen LogP contribution in [0.25, 0.3) is 0 Å². The van der Waals surface area contributed by atoms with Crippen molar-refractivity contribution in [2.75, 3.05) is 6.61 Å². The summed E-state index contributed by atoms with van der Waals surface area (Å²) >= 11 is 0. The van der Waals surface area contributed by atoms with Crippen LogP contribution in [-0.4, -0.2) is 55.6 Å². The zero-order valence-electron chi connectivity index (χ0n) is 27.6. The van der Waals surface area contributed by atoms with Crippen molar-refractivity contribution in [3.63, 3.8) is 0 Å². The van der Waals surface area contributed by atoms with Gasteiger partial charge >= 0.3 is 5.97 Å². The molecule has 1 saturated carbocycles. The molecule has 2 heterocycles. The zero-order chi connectivity index (χ0) is 32.7. The van der Waals surface area contributed by atoms with E-state index in [1.807, 2.05) is 50.2 Å². The molecule has 0 radical (unpaired) electrons. The highest BCUT2D eigenvalue weighted by Crippen LogP contribution is 2.69. The SMILES string of the molecule is C=C(C)[C@]12C[C@@H](C)[C@@]34O[C@@](Cc5ccccc5)(O[C@@H]1[C@@H]3C=C(COC(=O)c1ccccc1)C[C@]1(O[Si](C)(C)C)C(=O)C(C)=C[C@@H]41)O2. The highest BCUT2D eigenvalue weighted by Gasteiger charge is 2.79. The number of fused-ring (bicyclic) bond motifs is 2. The molecule has 242 valence electrons. The number of Topliss-reactive ketones (excluding diaryl/α,β-unsaturated/α-hetero) is 1. The molecule has 0 unspecified atom stereocenters. The molecule has 3 aliphatic carbocycles. The monoisotopic (exact) mass is 640 g/mol. The van der Waals surface area contributed by atoms with Gasteiger partial charge in [0, 0.05) is 18.3 Å². The normalized spacial score (nSPS) is 37.6. The number of carbonyl (C=O) groups excluding carboxylic acids is 2. The number of ether oxygens (including phenoxy) is 4. The van der Waals surface area contributed by atoms with Crippen LogP contribution in [0.4, 0.5) is 0 Å². The van der Waals surface area contributed by atoms with Gasteiger partial charge in [0.15, 0.2) is 14.1 Å². The number of esters is 1. The standard InChI is InChI=1S/C38H44O7Si/c1-24(2)35-20-26(4)38-30(33(35)42-37(43-35,44-38)22-27-14-10-8-11-15-27)19-28(23-41-34(40)29-16-12-9-13-17-29)21-36(45-46(5,6)7)31(38)18-25(3)32(36)39/h8-19,26,30-31,33H,1,20-23H2,2-7H3/t26-,30+,31-,33-,35-,36-,37+,38-/m1/s1. The topological polar surface area (TPSA) is 80.3 Å². The van der Waals surface area contributed by atoms with E-state index < -0.39 is 49.1 Å². The van der Waals surface area contributed by atoms with Gasteiger partial charge in [0.2, 0.25) is 0 Å². The number of ketones is 1. The Morgan fingerprint density at radius 2 is 1.70 bits per heavy atom. The summed E-state index contributed by atoms with van der Waals surface area (Å²) in [6.07, 6.45) is 5.13. The average molecular weight is 641 g/mol. The van der Waals surface area contributed by atoms with E-state index >= 15 is 0 Å². The summed E-state index contributed by atoms with van der Waals surface area (Å²) in [6.45, 7) is 16.9. The molecule has 0 aromatic heterocycles. The Morgan fingerprint density at radius 1 is 1.02 bits per heavy atom. The molecular formula is C38H44O7Si. The van der Waals surface area contributed by atoms with Gasteiger partial charge in [0.1, 0.15) is 23.9 Å². The first-order valence-electron chi connectivity index (χ1n) is 16.4. The molecule has 8 heteroatoms. The van der Waals surface area contributed by atoms with Gasteiger partial charge < -0.3 is 23.4 Å². The maximum Gasteiger partial charge on any atom is 0.338 e. The van der Waals surface area contributed by atoms with Gasteiger partial charge in [-0.1, -0.05) is 74.2 Å². The van der Waals surface area contributed by atoms with Crippen molar-refractivity contribution in [1.29, 1.82) is 0 Å². The number of hydrogen-bond donors (Lipinski definition) is 0. The molecule has 0 spiro atoms. The third kappa shape index (κ3) is 4.67. The molecule has 2 aliphatic heterocycles. The third-order valence-electron chi connectivity index (χ3n) is 10.6. The molecule has 46 heavy (non-hydrogen) atoms. The fraction of sp³-hybridized carbons (Fsp3) is 0.474. The van der Waals surface area contributed by atoms with Crippen molar-refractivity contribution in [3.8, 4) is 0 Å². The smallest absolute Gasteiger partial charge is 0.338 e. The Balaban J connectivity index is 1.39. The number of benzene rings is 2. The van der Waals surface area contributed by atoms with E-state index in [-0.39, 0.29) is 24.2 Å². The first-order chi connectivity index (χ1) is 21.7. The van der Waals surface area contributed by atoms with Gasteiger partial charge in [-0.15, -0.1) is 0 Å². The lowest BCUT2D eigenvalue weighted by Crippen LogP contribution is -2.71. The largest absolute Gasteiger partial charge is 0.458 e. The van der Waals surface area contributed by atoms with E-state index in [2.05, 4.69) is 57.4 Å². The lowest BCUT2D eigenvalue weighted by atomic mass is 9.55. The fourth-order valence-electron chi connectivity index (χ4n) is 8.97.